The Labute approximate surface area is 172 Å². The Hall–Kier alpha value is -2.19. The average Bonchev–Trinajstić information content (AvgIpc) is 3.09. The maximum Gasteiger partial charge on any atom is 0.274 e. The van der Waals surface area contributed by atoms with Crippen molar-refractivity contribution in [2.45, 2.75) is 51.5 Å². The smallest absolute Gasteiger partial charge is 0.274 e. The fourth-order valence-corrected chi connectivity index (χ4v) is 4.48. The molecule has 0 bridgehead atoms. The molecule has 0 spiro atoms. The number of carbonyl (C=O) groups excluding carboxylic acids is 1. The van der Waals surface area contributed by atoms with E-state index in [9.17, 15) is 13.2 Å². The summed E-state index contributed by atoms with van der Waals surface area (Å²) in [4.78, 5) is 12.9. The molecule has 0 radical (unpaired) electrons. The van der Waals surface area contributed by atoms with Crippen molar-refractivity contribution < 1.29 is 17.7 Å². The molecule has 2 aromatic rings. The number of rotatable bonds is 5. The van der Waals surface area contributed by atoms with Crippen LogP contribution in [-0.4, -0.2) is 37.9 Å². The highest BCUT2D eigenvalue weighted by Gasteiger charge is 2.34. The molecular weight excluding hydrogens is 390 g/mol. The second-order valence-electron chi connectivity index (χ2n) is 8.85. The highest BCUT2D eigenvalue weighted by Crippen LogP contribution is 2.38. The molecule has 1 aliphatic rings. The molecule has 1 aromatic carbocycles. The Kier molecular flexibility index (Phi) is 5.87. The number of nitrogens with zero attached hydrogens (tertiary/aromatic N) is 2. The van der Waals surface area contributed by atoms with Crippen LogP contribution in [0, 0.1) is 11.3 Å². The molecule has 1 atom stereocenters. The molecule has 0 fully saturated rings. The lowest BCUT2D eigenvalue weighted by molar-refractivity contribution is 0.0940. The van der Waals surface area contributed by atoms with Crippen molar-refractivity contribution in [1.29, 1.82) is 0 Å². The minimum atomic E-state index is -3.46. The maximum atomic E-state index is 12.7. The van der Waals surface area contributed by atoms with E-state index in [1.165, 1.54) is 18.4 Å². The van der Waals surface area contributed by atoms with Gasteiger partial charge in [0.25, 0.3) is 5.91 Å². The van der Waals surface area contributed by atoms with Gasteiger partial charge in [0.05, 0.1) is 4.90 Å². The molecule has 7 nitrogen and oxygen atoms in total. The lowest BCUT2D eigenvalue weighted by atomic mass is 9.71. The van der Waals surface area contributed by atoms with Crippen molar-refractivity contribution in [2.75, 3.05) is 14.1 Å². The first-order valence-electron chi connectivity index (χ1n) is 9.77. The van der Waals surface area contributed by atoms with Crippen LogP contribution in [0.25, 0.3) is 0 Å². The van der Waals surface area contributed by atoms with Crippen molar-refractivity contribution in [3.05, 3.63) is 46.8 Å². The number of aryl methyl sites for hydroxylation is 1. The van der Waals surface area contributed by atoms with Gasteiger partial charge in [-0.05, 0) is 41.9 Å². The van der Waals surface area contributed by atoms with Crippen LogP contribution >= 0.6 is 0 Å². The van der Waals surface area contributed by atoms with Crippen LogP contribution in [0.3, 0.4) is 0 Å². The van der Waals surface area contributed by atoms with Crippen molar-refractivity contribution >= 4 is 15.9 Å². The Balaban J connectivity index is 1.68. The topological polar surface area (TPSA) is 92.5 Å². The molecule has 0 saturated carbocycles. The zero-order valence-corrected chi connectivity index (χ0v) is 18.5. The summed E-state index contributed by atoms with van der Waals surface area (Å²) in [6, 6.07) is 6.49. The molecule has 29 heavy (non-hydrogen) atoms. The van der Waals surface area contributed by atoms with E-state index in [1.54, 1.807) is 24.3 Å². The number of sulfonamides is 1. The van der Waals surface area contributed by atoms with Gasteiger partial charge < -0.3 is 9.84 Å². The van der Waals surface area contributed by atoms with Gasteiger partial charge in [0.15, 0.2) is 5.69 Å². The quantitative estimate of drug-likeness (QED) is 0.804. The van der Waals surface area contributed by atoms with Gasteiger partial charge in [-0.2, -0.15) is 0 Å². The van der Waals surface area contributed by atoms with Gasteiger partial charge in [-0.1, -0.05) is 38.1 Å². The molecule has 1 heterocycles. The van der Waals surface area contributed by atoms with E-state index < -0.39 is 10.0 Å². The summed E-state index contributed by atoms with van der Waals surface area (Å²) in [6.07, 6.45) is 2.64. The van der Waals surface area contributed by atoms with E-state index in [-0.39, 0.29) is 22.8 Å². The third-order valence-electron chi connectivity index (χ3n) is 5.63. The van der Waals surface area contributed by atoms with Gasteiger partial charge >= 0.3 is 0 Å². The molecule has 1 amide bonds. The summed E-state index contributed by atoms with van der Waals surface area (Å²) in [5, 5.41) is 6.89. The number of hydrogen-bond acceptors (Lipinski definition) is 5. The summed E-state index contributed by atoms with van der Waals surface area (Å²) in [7, 11) is -0.480. The molecule has 1 aromatic heterocycles. The normalized spacial score (nSPS) is 17.2. The van der Waals surface area contributed by atoms with E-state index in [4.69, 9.17) is 4.52 Å². The fourth-order valence-electron chi connectivity index (χ4n) is 3.58. The van der Waals surface area contributed by atoms with Crippen LogP contribution in [0.5, 0.6) is 0 Å². The van der Waals surface area contributed by atoms with E-state index in [2.05, 4.69) is 31.2 Å². The Bertz CT molecular complexity index is 986. The van der Waals surface area contributed by atoms with Crippen molar-refractivity contribution in [3.8, 4) is 0 Å². The fraction of sp³-hybridized carbons (Fsp3) is 0.524. The molecular formula is C21H29N3O4S. The molecule has 1 aliphatic carbocycles. The summed E-state index contributed by atoms with van der Waals surface area (Å²) < 4.78 is 30.9. The standard InChI is InChI=1S/C21H29N3O4S/c1-21(2,3)15-8-11-18-17(12-15)19(23-28-18)20(25)22-13-14-6-9-16(10-7-14)29(26,27)24(4)5/h6-7,9-10,15H,8,11-13H2,1-5H3,(H,22,25)/t15-/m1/s1. The second-order valence-corrected chi connectivity index (χ2v) is 11.0. The van der Waals surface area contributed by atoms with Gasteiger partial charge in [0.1, 0.15) is 5.76 Å². The van der Waals surface area contributed by atoms with Gasteiger partial charge in [-0.15, -0.1) is 0 Å². The van der Waals surface area contributed by atoms with Gasteiger partial charge in [-0.25, -0.2) is 12.7 Å². The second kappa shape index (κ2) is 7.91. The van der Waals surface area contributed by atoms with Gasteiger partial charge in [0.2, 0.25) is 10.0 Å². The Morgan fingerprint density at radius 3 is 2.48 bits per heavy atom. The predicted molar refractivity (Wildman–Crippen MR) is 110 cm³/mol. The van der Waals surface area contributed by atoms with Crippen molar-refractivity contribution in [3.63, 3.8) is 0 Å². The number of nitrogens with one attached hydrogen (secondary N) is 1. The molecule has 0 unspecified atom stereocenters. The summed E-state index contributed by atoms with van der Waals surface area (Å²) in [6.45, 7) is 6.94. The minimum Gasteiger partial charge on any atom is -0.360 e. The zero-order chi connectivity index (χ0) is 21.4. The molecule has 1 N–H and O–H groups in total. The first-order valence-corrected chi connectivity index (χ1v) is 11.2. The zero-order valence-electron chi connectivity index (χ0n) is 17.7. The largest absolute Gasteiger partial charge is 0.360 e. The van der Waals surface area contributed by atoms with E-state index in [0.29, 0.717) is 11.6 Å². The van der Waals surface area contributed by atoms with Crippen LogP contribution in [0.1, 0.15) is 54.6 Å². The Morgan fingerprint density at radius 1 is 1.24 bits per heavy atom. The molecule has 158 valence electrons. The van der Waals surface area contributed by atoms with E-state index in [0.717, 1.165) is 36.1 Å². The van der Waals surface area contributed by atoms with Crippen molar-refractivity contribution in [1.82, 2.24) is 14.8 Å². The van der Waals surface area contributed by atoms with E-state index >= 15 is 0 Å². The first-order chi connectivity index (χ1) is 13.5. The van der Waals surface area contributed by atoms with Gasteiger partial charge in [0, 0.05) is 32.6 Å². The highest BCUT2D eigenvalue weighted by atomic mass is 32.2. The monoisotopic (exact) mass is 419 g/mol. The third-order valence-corrected chi connectivity index (χ3v) is 7.46. The number of aromatic nitrogens is 1. The summed E-state index contributed by atoms with van der Waals surface area (Å²) in [5.41, 5.74) is 2.25. The number of hydrogen-bond donors (Lipinski definition) is 1. The molecule has 8 heteroatoms. The molecule has 3 rings (SSSR count). The average molecular weight is 420 g/mol. The number of amides is 1. The lowest BCUT2D eigenvalue weighted by Crippen LogP contribution is -2.29. The lowest BCUT2D eigenvalue weighted by Gasteiger charge is -2.33. The Morgan fingerprint density at radius 2 is 1.90 bits per heavy atom. The number of benzene rings is 1. The van der Waals surface area contributed by atoms with Crippen molar-refractivity contribution in [2.24, 2.45) is 11.3 Å². The SMILES string of the molecule is CN(C)S(=O)(=O)c1ccc(CNC(=O)c2noc3c2C[C@H](C(C)(C)C)CC3)cc1. The van der Waals surface area contributed by atoms with Crippen LogP contribution in [-0.2, 0) is 29.4 Å². The third kappa shape index (κ3) is 4.53. The van der Waals surface area contributed by atoms with Crippen LogP contribution < -0.4 is 5.32 Å². The van der Waals surface area contributed by atoms with Crippen LogP contribution in [0.15, 0.2) is 33.7 Å². The number of carbonyl (C=O) groups is 1. The molecule has 0 saturated heterocycles. The number of fused-ring (bicyclic) bond motifs is 1. The first kappa shape index (κ1) is 21.5. The van der Waals surface area contributed by atoms with Crippen LogP contribution in [0.2, 0.25) is 0 Å². The van der Waals surface area contributed by atoms with Gasteiger partial charge in [-0.3, -0.25) is 4.79 Å². The van der Waals surface area contributed by atoms with Crippen LogP contribution in [0.4, 0.5) is 0 Å². The molecule has 0 aliphatic heterocycles. The summed E-state index contributed by atoms with van der Waals surface area (Å²) in [5.74, 6) is 1.02. The highest BCUT2D eigenvalue weighted by molar-refractivity contribution is 7.89. The summed E-state index contributed by atoms with van der Waals surface area (Å²) >= 11 is 0. The predicted octanol–water partition coefficient (Wildman–Crippen LogP) is 3.01. The van der Waals surface area contributed by atoms with E-state index in [1.807, 2.05) is 0 Å². The maximum absolute atomic E-state index is 12.7. The minimum absolute atomic E-state index is 0.164.